The molecule has 1 aromatic carbocycles. The Morgan fingerprint density at radius 3 is 2.63 bits per heavy atom. The van der Waals surface area contributed by atoms with E-state index in [9.17, 15) is 0 Å². The van der Waals surface area contributed by atoms with Gasteiger partial charge >= 0.3 is 0 Å². The predicted octanol–water partition coefficient (Wildman–Crippen LogP) is 4.25. The molecule has 102 valence electrons. The Labute approximate surface area is 121 Å². The molecular weight excluding hydrogens is 287 g/mol. The molecule has 0 aliphatic rings. The maximum absolute atomic E-state index is 5.99. The van der Waals surface area contributed by atoms with Gasteiger partial charge in [0, 0.05) is 16.5 Å². The van der Waals surface area contributed by atoms with Crippen LogP contribution in [0.25, 0.3) is 0 Å². The lowest BCUT2D eigenvalue weighted by atomic mass is 9.97. The Hall–Kier alpha value is -1.26. The molecule has 0 radical (unpaired) electrons. The number of nitrogens with zero attached hydrogens (tertiary/aromatic N) is 2. The molecule has 4 nitrogen and oxygen atoms in total. The van der Waals surface area contributed by atoms with E-state index in [-0.39, 0.29) is 12.0 Å². The van der Waals surface area contributed by atoms with Crippen molar-refractivity contribution in [3.8, 4) is 5.75 Å². The molecule has 0 saturated carbocycles. The lowest BCUT2D eigenvalue weighted by molar-refractivity contribution is 0.280. The normalized spacial score (nSPS) is 11.6. The van der Waals surface area contributed by atoms with Gasteiger partial charge in [0.05, 0.1) is 5.02 Å². The Bertz CT molecular complexity index is 576. The molecule has 0 fully saturated rings. The Morgan fingerprint density at radius 2 is 2.00 bits per heavy atom. The van der Waals surface area contributed by atoms with Gasteiger partial charge in [-0.1, -0.05) is 49.1 Å². The second-order valence-corrected chi connectivity index (χ2v) is 5.97. The summed E-state index contributed by atoms with van der Waals surface area (Å²) in [7, 11) is 0. The zero-order chi connectivity index (χ0) is 14.0. The second-order valence-electron chi connectivity index (χ2n) is 5.13. The van der Waals surface area contributed by atoms with Crippen molar-refractivity contribution < 1.29 is 9.26 Å². The summed E-state index contributed by atoms with van der Waals surface area (Å²) in [5, 5.41) is 4.91. The Kier molecular flexibility index (Phi) is 4.02. The van der Waals surface area contributed by atoms with Crippen LogP contribution in [0.4, 0.5) is 0 Å². The van der Waals surface area contributed by atoms with Gasteiger partial charge in [0.1, 0.15) is 5.75 Å². The van der Waals surface area contributed by atoms with Crippen LogP contribution in [-0.4, -0.2) is 10.1 Å². The quantitative estimate of drug-likeness (QED) is 0.850. The number of hydrogen-bond acceptors (Lipinski definition) is 4. The van der Waals surface area contributed by atoms with E-state index in [1.807, 2.05) is 20.8 Å². The molecule has 0 aliphatic carbocycles. The van der Waals surface area contributed by atoms with Crippen molar-refractivity contribution >= 4 is 23.2 Å². The fourth-order valence-electron chi connectivity index (χ4n) is 1.35. The molecule has 6 heteroatoms. The van der Waals surface area contributed by atoms with E-state index < -0.39 is 0 Å². The Morgan fingerprint density at radius 1 is 1.26 bits per heavy atom. The van der Waals surface area contributed by atoms with Crippen molar-refractivity contribution in [2.75, 3.05) is 0 Å². The molecule has 0 atom stereocenters. The monoisotopic (exact) mass is 300 g/mol. The van der Waals surface area contributed by atoms with Crippen molar-refractivity contribution in [3.05, 3.63) is 40.0 Å². The van der Waals surface area contributed by atoms with Crippen molar-refractivity contribution in [3.63, 3.8) is 0 Å². The van der Waals surface area contributed by atoms with E-state index in [0.717, 1.165) is 0 Å². The summed E-state index contributed by atoms with van der Waals surface area (Å²) in [6.45, 7) is 6.18. The van der Waals surface area contributed by atoms with E-state index in [0.29, 0.717) is 27.5 Å². The van der Waals surface area contributed by atoms with Crippen LogP contribution >= 0.6 is 23.2 Å². The average molecular weight is 301 g/mol. The van der Waals surface area contributed by atoms with Crippen LogP contribution in [0, 0.1) is 0 Å². The predicted molar refractivity (Wildman–Crippen MR) is 73.8 cm³/mol. The SMILES string of the molecule is CC(C)(C)c1nc(COc2cc(Cl)ccc2Cl)no1. The molecule has 0 N–H and O–H groups in total. The molecule has 19 heavy (non-hydrogen) atoms. The fraction of sp³-hybridized carbons (Fsp3) is 0.385. The largest absolute Gasteiger partial charge is 0.484 e. The van der Waals surface area contributed by atoms with E-state index >= 15 is 0 Å². The summed E-state index contributed by atoms with van der Waals surface area (Å²) < 4.78 is 10.7. The summed E-state index contributed by atoms with van der Waals surface area (Å²) >= 11 is 11.9. The molecule has 0 bridgehead atoms. The number of ether oxygens (including phenoxy) is 1. The van der Waals surface area contributed by atoms with Gasteiger partial charge in [-0.25, -0.2) is 0 Å². The van der Waals surface area contributed by atoms with Crippen LogP contribution in [0.15, 0.2) is 22.7 Å². The van der Waals surface area contributed by atoms with Gasteiger partial charge in [0.2, 0.25) is 11.7 Å². The van der Waals surface area contributed by atoms with E-state index in [2.05, 4.69) is 10.1 Å². The van der Waals surface area contributed by atoms with Gasteiger partial charge < -0.3 is 9.26 Å². The van der Waals surface area contributed by atoms with Crippen molar-refractivity contribution in [1.29, 1.82) is 0 Å². The van der Waals surface area contributed by atoms with Crippen LogP contribution in [0.5, 0.6) is 5.75 Å². The van der Waals surface area contributed by atoms with E-state index in [1.54, 1.807) is 18.2 Å². The van der Waals surface area contributed by atoms with Gasteiger partial charge in [-0.2, -0.15) is 4.98 Å². The summed E-state index contributed by atoms with van der Waals surface area (Å²) in [5.74, 6) is 1.54. The highest BCUT2D eigenvalue weighted by Crippen LogP contribution is 2.28. The molecule has 1 aromatic heterocycles. The number of halogens is 2. The number of aromatic nitrogens is 2. The number of rotatable bonds is 3. The van der Waals surface area contributed by atoms with Gasteiger partial charge in [-0.3, -0.25) is 0 Å². The molecule has 1 heterocycles. The highest BCUT2D eigenvalue weighted by Gasteiger charge is 2.21. The first kappa shape index (κ1) is 14.2. The molecule has 0 amide bonds. The van der Waals surface area contributed by atoms with Crippen LogP contribution in [0.2, 0.25) is 10.0 Å². The highest BCUT2D eigenvalue weighted by atomic mass is 35.5. The lowest BCUT2D eigenvalue weighted by Crippen LogP contribution is -2.11. The minimum absolute atomic E-state index is 0.180. The summed E-state index contributed by atoms with van der Waals surface area (Å²) in [6.07, 6.45) is 0. The topological polar surface area (TPSA) is 48.2 Å². The number of benzene rings is 1. The minimum atomic E-state index is -0.182. The van der Waals surface area contributed by atoms with Gasteiger partial charge in [-0.05, 0) is 12.1 Å². The highest BCUT2D eigenvalue weighted by molar-refractivity contribution is 6.34. The first-order chi connectivity index (χ1) is 8.86. The van der Waals surface area contributed by atoms with Crippen LogP contribution in [0.3, 0.4) is 0 Å². The summed E-state index contributed by atoms with van der Waals surface area (Å²) in [4.78, 5) is 4.27. The van der Waals surface area contributed by atoms with Gasteiger partial charge in [0.15, 0.2) is 6.61 Å². The summed E-state index contributed by atoms with van der Waals surface area (Å²) in [6, 6.07) is 5.02. The first-order valence-corrected chi connectivity index (χ1v) is 6.53. The van der Waals surface area contributed by atoms with Crippen molar-refractivity contribution in [2.45, 2.75) is 32.8 Å². The lowest BCUT2D eigenvalue weighted by Gasteiger charge is -2.10. The van der Waals surface area contributed by atoms with Gasteiger partial charge in [-0.15, -0.1) is 0 Å². The van der Waals surface area contributed by atoms with Crippen LogP contribution in [-0.2, 0) is 12.0 Å². The number of hydrogen-bond donors (Lipinski definition) is 0. The van der Waals surface area contributed by atoms with E-state index in [4.69, 9.17) is 32.5 Å². The molecule has 0 unspecified atom stereocenters. The maximum atomic E-state index is 5.99. The molecule has 2 aromatic rings. The standard InChI is InChI=1S/C13H14Cl2N2O2/c1-13(2,3)12-16-11(17-19-12)7-18-10-6-8(14)4-5-9(10)15/h4-6H,7H2,1-3H3. The Balaban J connectivity index is 2.06. The third-order valence-corrected chi connectivity index (χ3v) is 2.91. The maximum Gasteiger partial charge on any atom is 0.232 e. The third-order valence-electron chi connectivity index (χ3n) is 2.36. The molecular formula is C13H14Cl2N2O2. The van der Waals surface area contributed by atoms with Crippen molar-refractivity contribution in [2.24, 2.45) is 0 Å². The zero-order valence-electron chi connectivity index (χ0n) is 10.9. The smallest absolute Gasteiger partial charge is 0.232 e. The average Bonchev–Trinajstić information content (AvgIpc) is 2.79. The second kappa shape index (κ2) is 5.39. The molecule has 0 saturated heterocycles. The van der Waals surface area contributed by atoms with E-state index in [1.165, 1.54) is 0 Å². The summed E-state index contributed by atoms with van der Waals surface area (Å²) in [5.41, 5.74) is -0.182. The first-order valence-electron chi connectivity index (χ1n) is 5.77. The van der Waals surface area contributed by atoms with Gasteiger partial charge in [0.25, 0.3) is 0 Å². The van der Waals surface area contributed by atoms with Crippen molar-refractivity contribution in [1.82, 2.24) is 10.1 Å². The molecule has 0 aliphatic heterocycles. The van der Waals surface area contributed by atoms with Crippen LogP contribution in [0.1, 0.15) is 32.5 Å². The minimum Gasteiger partial charge on any atom is -0.484 e. The van der Waals surface area contributed by atoms with Crippen LogP contribution < -0.4 is 4.74 Å². The zero-order valence-corrected chi connectivity index (χ0v) is 12.4. The fourth-order valence-corrected chi connectivity index (χ4v) is 1.68. The molecule has 0 spiro atoms. The third kappa shape index (κ3) is 3.61. The molecule has 2 rings (SSSR count).